The molecule has 1 rings (SSSR count). The molecule has 0 aromatic heterocycles. The molecule has 2 atom stereocenters. The van der Waals surface area contributed by atoms with E-state index in [-0.39, 0.29) is 0 Å². The Morgan fingerprint density at radius 2 is 1.62 bits per heavy atom. The van der Waals surface area contributed by atoms with Gasteiger partial charge in [0.1, 0.15) is 0 Å². The number of rotatable bonds is 0. The first-order valence-corrected chi connectivity index (χ1v) is 7.55. The lowest BCUT2D eigenvalue weighted by molar-refractivity contribution is 0.0367. The number of hydrogen-bond donors (Lipinski definition) is 0. The van der Waals surface area contributed by atoms with Gasteiger partial charge in [0.2, 0.25) is 0 Å². The second kappa shape index (κ2) is 4.89. The van der Waals surface area contributed by atoms with Crippen molar-refractivity contribution in [2.45, 2.75) is 71.7 Å². The van der Waals surface area contributed by atoms with E-state index < -0.39 is 0 Å². The highest BCUT2D eigenvalue weighted by Gasteiger charge is 2.37. The molecule has 0 saturated carbocycles. The average molecular weight is 243 g/mol. The van der Waals surface area contributed by atoms with E-state index in [0.717, 1.165) is 5.25 Å². The molecule has 1 nitrogen and oxygen atoms in total. The Kier molecular flexibility index (Phi) is 4.40. The van der Waals surface area contributed by atoms with Crippen molar-refractivity contribution < 1.29 is 0 Å². The Labute approximate surface area is 106 Å². The van der Waals surface area contributed by atoms with Crippen molar-refractivity contribution in [3.8, 4) is 0 Å². The molecule has 0 radical (unpaired) electrons. The molecule has 1 fully saturated rings. The van der Waals surface area contributed by atoms with E-state index in [0.29, 0.717) is 17.0 Å². The first-order chi connectivity index (χ1) is 7.12. The summed E-state index contributed by atoms with van der Waals surface area (Å²) in [4.78, 5) is 2.73. The monoisotopic (exact) mass is 243 g/mol. The molecule has 0 amide bonds. The maximum Gasteiger partial charge on any atom is 0.0240 e. The zero-order valence-electron chi connectivity index (χ0n) is 12.1. The molecule has 0 aromatic rings. The summed E-state index contributed by atoms with van der Waals surface area (Å²) in [5, 5.41) is 0.817. The Hall–Kier alpha value is 0.310. The van der Waals surface area contributed by atoms with Crippen molar-refractivity contribution in [1.29, 1.82) is 0 Å². The standard InChI is InChI=1S/C14H29NS/c1-11-8-9-15(14(5,6)7)12(10-16-11)13(2,3)4/h11-12H,8-10H2,1-7H3/t11?,12-/m0/s1. The molecule has 16 heavy (non-hydrogen) atoms. The van der Waals surface area contributed by atoms with Crippen molar-refractivity contribution in [2.75, 3.05) is 12.3 Å². The highest BCUT2D eigenvalue weighted by Crippen LogP contribution is 2.36. The summed E-state index contributed by atoms with van der Waals surface area (Å²) < 4.78 is 0. The van der Waals surface area contributed by atoms with Gasteiger partial charge in [-0.15, -0.1) is 0 Å². The van der Waals surface area contributed by atoms with Crippen LogP contribution in [0.5, 0.6) is 0 Å². The molecular weight excluding hydrogens is 214 g/mol. The number of nitrogens with zero attached hydrogens (tertiary/aromatic N) is 1. The zero-order valence-corrected chi connectivity index (χ0v) is 12.9. The summed E-state index contributed by atoms with van der Waals surface area (Å²) in [6.07, 6.45) is 1.33. The number of hydrogen-bond acceptors (Lipinski definition) is 2. The Bertz CT molecular complexity index is 200. The maximum atomic E-state index is 2.73. The van der Waals surface area contributed by atoms with Gasteiger partial charge in [0.05, 0.1) is 0 Å². The van der Waals surface area contributed by atoms with Gasteiger partial charge in [0.15, 0.2) is 0 Å². The predicted octanol–water partition coefficient (Wildman–Crippen LogP) is 4.03. The van der Waals surface area contributed by atoms with Crippen LogP contribution in [0.3, 0.4) is 0 Å². The molecule has 1 heterocycles. The van der Waals surface area contributed by atoms with Crippen LogP contribution in [0.25, 0.3) is 0 Å². The van der Waals surface area contributed by atoms with Gasteiger partial charge in [-0.1, -0.05) is 27.7 Å². The van der Waals surface area contributed by atoms with Gasteiger partial charge in [0.25, 0.3) is 0 Å². The second-order valence-corrected chi connectivity index (χ2v) is 8.65. The van der Waals surface area contributed by atoms with Crippen molar-refractivity contribution in [2.24, 2.45) is 5.41 Å². The van der Waals surface area contributed by atoms with Crippen molar-refractivity contribution >= 4 is 11.8 Å². The molecule has 1 saturated heterocycles. The summed E-state index contributed by atoms with van der Waals surface area (Å²) >= 11 is 2.15. The van der Waals surface area contributed by atoms with Crippen molar-refractivity contribution in [3.05, 3.63) is 0 Å². The largest absolute Gasteiger partial charge is 0.294 e. The predicted molar refractivity (Wildman–Crippen MR) is 76.2 cm³/mol. The highest BCUT2D eigenvalue weighted by molar-refractivity contribution is 7.99. The van der Waals surface area contributed by atoms with Crippen LogP contribution < -0.4 is 0 Å². The van der Waals surface area contributed by atoms with E-state index in [1.807, 2.05) is 0 Å². The lowest BCUT2D eigenvalue weighted by Gasteiger charge is -2.46. The van der Waals surface area contributed by atoms with Gasteiger partial charge in [0, 0.05) is 29.1 Å². The van der Waals surface area contributed by atoms with E-state index >= 15 is 0 Å². The Morgan fingerprint density at radius 3 is 2.06 bits per heavy atom. The fraction of sp³-hybridized carbons (Fsp3) is 1.00. The molecule has 0 aliphatic carbocycles. The third-order valence-electron chi connectivity index (χ3n) is 3.55. The summed E-state index contributed by atoms with van der Waals surface area (Å²) in [5.41, 5.74) is 0.674. The molecule has 1 aliphatic heterocycles. The third-order valence-corrected chi connectivity index (χ3v) is 4.87. The molecule has 1 unspecified atom stereocenters. The van der Waals surface area contributed by atoms with E-state index in [9.17, 15) is 0 Å². The lowest BCUT2D eigenvalue weighted by atomic mass is 9.84. The van der Waals surface area contributed by atoms with E-state index in [1.165, 1.54) is 18.7 Å². The fourth-order valence-corrected chi connectivity index (χ4v) is 3.89. The summed E-state index contributed by atoms with van der Waals surface area (Å²) in [5.74, 6) is 1.28. The summed E-state index contributed by atoms with van der Waals surface area (Å²) in [7, 11) is 0. The van der Waals surface area contributed by atoms with Crippen LogP contribution in [0.15, 0.2) is 0 Å². The average Bonchev–Trinajstić information content (AvgIpc) is 2.23. The highest BCUT2D eigenvalue weighted by atomic mass is 32.2. The minimum absolute atomic E-state index is 0.294. The SMILES string of the molecule is CC1CCN(C(C)(C)C)[C@H](C(C)(C)C)CS1. The van der Waals surface area contributed by atoms with E-state index in [4.69, 9.17) is 0 Å². The second-order valence-electron chi connectivity index (χ2n) is 7.18. The fourth-order valence-electron chi connectivity index (χ4n) is 2.43. The molecule has 96 valence electrons. The van der Waals surface area contributed by atoms with Gasteiger partial charge in [-0.25, -0.2) is 0 Å². The van der Waals surface area contributed by atoms with Gasteiger partial charge in [-0.2, -0.15) is 11.8 Å². The first kappa shape index (κ1) is 14.4. The Morgan fingerprint density at radius 1 is 1.06 bits per heavy atom. The van der Waals surface area contributed by atoms with Gasteiger partial charge < -0.3 is 0 Å². The smallest absolute Gasteiger partial charge is 0.0240 e. The van der Waals surface area contributed by atoms with Crippen LogP contribution in [0.1, 0.15) is 54.9 Å². The van der Waals surface area contributed by atoms with Crippen LogP contribution in [-0.4, -0.2) is 34.0 Å². The lowest BCUT2D eigenvalue weighted by Crippen LogP contribution is -2.54. The molecule has 0 aromatic carbocycles. The maximum absolute atomic E-state index is 2.73. The van der Waals surface area contributed by atoms with Crippen molar-refractivity contribution in [3.63, 3.8) is 0 Å². The molecule has 0 bridgehead atoms. The van der Waals surface area contributed by atoms with Crippen LogP contribution in [-0.2, 0) is 0 Å². The van der Waals surface area contributed by atoms with Crippen LogP contribution in [0.2, 0.25) is 0 Å². The summed E-state index contributed by atoms with van der Waals surface area (Å²) in [6.45, 7) is 17.8. The van der Waals surface area contributed by atoms with Crippen LogP contribution >= 0.6 is 11.8 Å². The first-order valence-electron chi connectivity index (χ1n) is 6.50. The minimum atomic E-state index is 0.294. The van der Waals surface area contributed by atoms with Crippen LogP contribution in [0.4, 0.5) is 0 Å². The van der Waals surface area contributed by atoms with E-state index in [2.05, 4.69) is 65.1 Å². The summed E-state index contributed by atoms with van der Waals surface area (Å²) in [6, 6.07) is 0.697. The quantitative estimate of drug-likeness (QED) is 0.632. The molecular formula is C14H29NS. The molecule has 1 aliphatic rings. The topological polar surface area (TPSA) is 3.24 Å². The zero-order chi connectivity index (χ0) is 12.6. The van der Waals surface area contributed by atoms with Gasteiger partial charge in [-0.05, 0) is 32.6 Å². The van der Waals surface area contributed by atoms with Gasteiger partial charge >= 0.3 is 0 Å². The number of thioether (sulfide) groups is 1. The molecule has 0 spiro atoms. The minimum Gasteiger partial charge on any atom is -0.294 e. The molecule has 2 heteroatoms. The molecule has 0 N–H and O–H groups in total. The van der Waals surface area contributed by atoms with Crippen LogP contribution in [0, 0.1) is 5.41 Å². The van der Waals surface area contributed by atoms with E-state index in [1.54, 1.807) is 0 Å². The third kappa shape index (κ3) is 3.66. The van der Waals surface area contributed by atoms with Crippen molar-refractivity contribution in [1.82, 2.24) is 4.90 Å². The Balaban J connectivity index is 2.90. The normalized spacial score (nSPS) is 30.2. The van der Waals surface area contributed by atoms with Gasteiger partial charge in [-0.3, -0.25) is 4.90 Å².